The number of amides is 1. The van der Waals surface area contributed by atoms with Crippen molar-refractivity contribution in [3.05, 3.63) is 24.0 Å². The lowest BCUT2D eigenvalue weighted by Gasteiger charge is -2.31. The van der Waals surface area contributed by atoms with Crippen LogP contribution in [0, 0.1) is 5.92 Å². The molecule has 1 amide bonds. The molecular weight excluding hydrogens is 268 g/mol. The first-order chi connectivity index (χ1) is 10.2. The minimum atomic E-state index is -0.495. The van der Waals surface area contributed by atoms with Crippen LogP contribution in [0.1, 0.15) is 23.3 Å². The predicted molar refractivity (Wildman–Crippen MR) is 82.3 cm³/mol. The number of anilines is 1. The van der Waals surface area contributed by atoms with E-state index in [2.05, 4.69) is 15.2 Å². The number of hydrogen-bond acceptors (Lipinski definition) is 5. The van der Waals surface area contributed by atoms with Crippen molar-refractivity contribution >= 4 is 11.6 Å². The molecule has 0 atom stereocenters. The zero-order valence-electron chi connectivity index (χ0n) is 12.5. The highest BCUT2D eigenvalue weighted by atomic mass is 16.5. The molecule has 3 N–H and O–H groups in total. The van der Waals surface area contributed by atoms with Crippen LogP contribution in [-0.4, -0.2) is 55.7 Å². The highest BCUT2D eigenvalue weighted by Gasteiger charge is 2.18. The molecule has 6 heteroatoms. The van der Waals surface area contributed by atoms with E-state index in [1.807, 2.05) is 6.07 Å². The Morgan fingerprint density at radius 2 is 2.29 bits per heavy atom. The lowest BCUT2D eigenvalue weighted by molar-refractivity contribution is 0.0995. The SMILES string of the molecule is COCCN1CCC(CNc2ccnc(C(N)=O)c2)CC1. The number of aromatic nitrogens is 1. The molecule has 1 saturated heterocycles. The van der Waals surface area contributed by atoms with E-state index in [0.29, 0.717) is 11.6 Å². The van der Waals surface area contributed by atoms with Gasteiger partial charge in [-0.05, 0) is 44.0 Å². The largest absolute Gasteiger partial charge is 0.385 e. The van der Waals surface area contributed by atoms with Crippen LogP contribution in [0.15, 0.2) is 18.3 Å². The summed E-state index contributed by atoms with van der Waals surface area (Å²) >= 11 is 0. The number of nitrogens with two attached hydrogens (primary N) is 1. The first-order valence-corrected chi connectivity index (χ1v) is 7.40. The zero-order valence-corrected chi connectivity index (χ0v) is 12.5. The molecule has 1 fully saturated rings. The first kappa shape index (κ1) is 15.7. The van der Waals surface area contributed by atoms with E-state index >= 15 is 0 Å². The molecule has 0 aliphatic carbocycles. The van der Waals surface area contributed by atoms with Gasteiger partial charge in [-0.3, -0.25) is 9.78 Å². The first-order valence-electron chi connectivity index (χ1n) is 7.40. The summed E-state index contributed by atoms with van der Waals surface area (Å²) < 4.78 is 5.11. The summed E-state index contributed by atoms with van der Waals surface area (Å²) in [7, 11) is 1.74. The number of carbonyl (C=O) groups is 1. The Morgan fingerprint density at radius 3 is 2.95 bits per heavy atom. The minimum Gasteiger partial charge on any atom is -0.385 e. The number of methoxy groups -OCH3 is 1. The lowest BCUT2D eigenvalue weighted by Crippen LogP contribution is -2.37. The fraction of sp³-hybridized carbons (Fsp3) is 0.600. The van der Waals surface area contributed by atoms with Gasteiger partial charge in [0.25, 0.3) is 5.91 Å². The number of ether oxygens (including phenoxy) is 1. The van der Waals surface area contributed by atoms with E-state index in [9.17, 15) is 4.79 Å². The van der Waals surface area contributed by atoms with Crippen molar-refractivity contribution < 1.29 is 9.53 Å². The monoisotopic (exact) mass is 292 g/mol. The average molecular weight is 292 g/mol. The highest BCUT2D eigenvalue weighted by Crippen LogP contribution is 2.18. The Labute approximate surface area is 125 Å². The van der Waals surface area contributed by atoms with E-state index in [1.54, 1.807) is 19.4 Å². The van der Waals surface area contributed by atoms with Gasteiger partial charge in [-0.25, -0.2) is 0 Å². The van der Waals surface area contributed by atoms with Gasteiger partial charge >= 0.3 is 0 Å². The van der Waals surface area contributed by atoms with Gasteiger partial charge in [-0.2, -0.15) is 0 Å². The van der Waals surface area contributed by atoms with Crippen molar-refractivity contribution in [1.82, 2.24) is 9.88 Å². The molecule has 1 aromatic heterocycles. The average Bonchev–Trinajstić information content (AvgIpc) is 2.52. The molecule has 0 bridgehead atoms. The quantitative estimate of drug-likeness (QED) is 0.782. The predicted octanol–water partition coefficient (Wildman–Crippen LogP) is 0.951. The summed E-state index contributed by atoms with van der Waals surface area (Å²) in [5, 5.41) is 3.38. The maximum atomic E-state index is 11.1. The number of rotatable bonds is 7. The second kappa shape index (κ2) is 7.95. The van der Waals surface area contributed by atoms with E-state index in [4.69, 9.17) is 10.5 Å². The Morgan fingerprint density at radius 1 is 1.52 bits per heavy atom. The van der Waals surface area contributed by atoms with Gasteiger partial charge in [0, 0.05) is 32.1 Å². The molecule has 0 unspecified atom stereocenters. The third-order valence-electron chi connectivity index (χ3n) is 3.93. The van der Waals surface area contributed by atoms with Gasteiger partial charge in [-0.15, -0.1) is 0 Å². The zero-order chi connectivity index (χ0) is 15.1. The maximum Gasteiger partial charge on any atom is 0.267 e. The van der Waals surface area contributed by atoms with Gasteiger partial charge in [0.2, 0.25) is 0 Å². The molecule has 6 nitrogen and oxygen atoms in total. The van der Waals surface area contributed by atoms with Gasteiger partial charge in [-0.1, -0.05) is 0 Å². The van der Waals surface area contributed by atoms with Crippen LogP contribution in [0.4, 0.5) is 5.69 Å². The third-order valence-corrected chi connectivity index (χ3v) is 3.93. The van der Waals surface area contributed by atoms with Crippen molar-refractivity contribution in [1.29, 1.82) is 0 Å². The topological polar surface area (TPSA) is 80.5 Å². The molecule has 116 valence electrons. The molecule has 2 heterocycles. The van der Waals surface area contributed by atoms with E-state index in [1.165, 1.54) is 12.8 Å². The molecule has 0 spiro atoms. The van der Waals surface area contributed by atoms with Crippen LogP contribution >= 0.6 is 0 Å². The summed E-state index contributed by atoms with van der Waals surface area (Å²) in [6.07, 6.45) is 3.98. The number of carbonyl (C=O) groups excluding carboxylic acids is 1. The summed E-state index contributed by atoms with van der Waals surface area (Å²) in [5.74, 6) is 0.166. The second-order valence-electron chi connectivity index (χ2n) is 5.45. The molecule has 0 aromatic carbocycles. The van der Waals surface area contributed by atoms with Crippen LogP contribution in [0.25, 0.3) is 0 Å². The van der Waals surface area contributed by atoms with Gasteiger partial charge in [0.15, 0.2) is 0 Å². The number of primary amides is 1. The molecule has 0 saturated carbocycles. The molecular formula is C15H24N4O2. The number of pyridine rings is 1. The molecule has 0 radical (unpaired) electrons. The fourth-order valence-corrected chi connectivity index (χ4v) is 2.57. The Hall–Kier alpha value is -1.66. The molecule has 1 aliphatic heterocycles. The van der Waals surface area contributed by atoms with Crippen molar-refractivity contribution in [2.24, 2.45) is 11.7 Å². The van der Waals surface area contributed by atoms with Crippen LogP contribution < -0.4 is 11.1 Å². The van der Waals surface area contributed by atoms with E-state index in [0.717, 1.165) is 38.5 Å². The Bertz CT molecular complexity index is 459. The Kier molecular flexibility index (Phi) is 5.95. The van der Waals surface area contributed by atoms with Crippen molar-refractivity contribution in [3.63, 3.8) is 0 Å². The van der Waals surface area contributed by atoms with Crippen molar-refractivity contribution in [2.75, 3.05) is 45.2 Å². The standard InChI is InChI=1S/C15H24N4O2/c1-21-9-8-19-6-3-12(4-7-19)11-18-13-2-5-17-14(10-13)15(16)20/h2,5,10,12H,3-4,6-9,11H2,1H3,(H2,16,20)(H,17,18). The summed E-state index contributed by atoms with van der Waals surface area (Å²) in [6, 6.07) is 3.57. The number of nitrogens with one attached hydrogen (secondary N) is 1. The molecule has 1 aliphatic rings. The fourth-order valence-electron chi connectivity index (χ4n) is 2.57. The minimum absolute atomic E-state index is 0.300. The molecule has 2 rings (SSSR count). The van der Waals surface area contributed by atoms with Gasteiger partial charge < -0.3 is 20.7 Å². The lowest BCUT2D eigenvalue weighted by atomic mass is 9.97. The molecule has 21 heavy (non-hydrogen) atoms. The normalized spacial score (nSPS) is 16.8. The summed E-state index contributed by atoms with van der Waals surface area (Å²) in [6.45, 7) is 4.98. The number of likely N-dealkylation sites (tertiary alicyclic amines) is 1. The van der Waals surface area contributed by atoms with Crippen LogP contribution in [0.5, 0.6) is 0 Å². The number of nitrogens with zero attached hydrogens (tertiary/aromatic N) is 2. The second-order valence-corrected chi connectivity index (χ2v) is 5.45. The van der Waals surface area contributed by atoms with Gasteiger partial charge in [0.05, 0.1) is 6.61 Å². The highest BCUT2D eigenvalue weighted by molar-refractivity contribution is 5.91. The molecule has 1 aromatic rings. The smallest absolute Gasteiger partial charge is 0.267 e. The van der Waals surface area contributed by atoms with Crippen LogP contribution in [-0.2, 0) is 4.74 Å². The van der Waals surface area contributed by atoms with E-state index in [-0.39, 0.29) is 0 Å². The van der Waals surface area contributed by atoms with Gasteiger partial charge in [0.1, 0.15) is 5.69 Å². The number of piperidine rings is 1. The number of hydrogen-bond donors (Lipinski definition) is 2. The van der Waals surface area contributed by atoms with Crippen LogP contribution in [0.3, 0.4) is 0 Å². The Balaban J connectivity index is 1.74. The maximum absolute atomic E-state index is 11.1. The van der Waals surface area contributed by atoms with Crippen LogP contribution in [0.2, 0.25) is 0 Å². The third kappa shape index (κ3) is 4.99. The van der Waals surface area contributed by atoms with E-state index < -0.39 is 5.91 Å². The summed E-state index contributed by atoms with van der Waals surface area (Å²) in [4.78, 5) is 17.5. The summed E-state index contributed by atoms with van der Waals surface area (Å²) in [5.41, 5.74) is 6.44. The van der Waals surface area contributed by atoms with Crippen molar-refractivity contribution in [3.8, 4) is 0 Å². The van der Waals surface area contributed by atoms with Crippen molar-refractivity contribution in [2.45, 2.75) is 12.8 Å².